The van der Waals surface area contributed by atoms with Crippen LogP contribution in [0.2, 0.25) is 0 Å². The second-order valence-corrected chi connectivity index (χ2v) is 4.24. The summed E-state index contributed by atoms with van der Waals surface area (Å²) in [5.74, 6) is 3.65. The summed E-state index contributed by atoms with van der Waals surface area (Å²) in [6.07, 6.45) is -4.44. The highest BCUT2D eigenvalue weighted by molar-refractivity contribution is 5.23. The molecule has 1 fully saturated rings. The Labute approximate surface area is 116 Å². The zero-order valence-electron chi connectivity index (χ0n) is 10.5. The smallest absolute Gasteiger partial charge is 0.347 e. The van der Waals surface area contributed by atoms with Crippen LogP contribution in [0, 0.1) is 11.8 Å². The van der Waals surface area contributed by atoms with Crippen LogP contribution in [0.4, 0.5) is 8.78 Å². The predicted octanol–water partition coefficient (Wildman–Crippen LogP) is -2.14. The van der Waals surface area contributed by atoms with Crippen molar-refractivity contribution in [3.8, 4) is 11.8 Å². The maximum Gasteiger partial charge on any atom is 0.347 e. The molecule has 1 aromatic heterocycles. The second-order valence-electron chi connectivity index (χ2n) is 4.24. The standard InChI is InChI=1S/C11H11F2N3O5/c12-3-1-2-11(13)8(19)6(5-17)21-9(11)16-10(20)15-7(18)4-14-16/h4,6,8-9,17,19H,3,5H2,(H,15,18,20)/t6-,8?,9-,11-/m1/s1. The molecule has 0 aliphatic carbocycles. The van der Waals surface area contributed by atoms with Gasteiger partial charge in [-0.2, -0.15) is 9.78 Å². The molecule has 1 aliphatic heterocycles. The van der Waals surface area contributed by atoms with E-state index in [9.17, 15) is 23.5 Å². The van der Waals surface area contributed by atoms with Gasteiger partial charge in [0.2, 0.25) is 11.9 Å². The minimum atomic E-state index is -2.87. The Morgan fingerprint density at radius 2 is 2.29 bits per heavy atom. The number of H-pyrrole nitrogens is 1. The highest BCUT2D eigenvalue weighted by Gasteiger charge is 2.58. The fourth-order valence-electron chi connectivity index (χ4n) is 1.97. The van der Waals surface area contributed by atoms with E-state index >= 15 is 0 Å². The van der Waals surface area contributed by atoms with Crippen molar-refractivity contribution < 1.29 is 23.7 Å². The molecule has 1 unspecified atom stereocenters. The zero-order valence-corrected chi connectivity index (χ0v) is 10.5. The molecule has 0 radical (unpaired) electrons. The minimum absolute atomic E-state index is 0.424. The monoisotopic (exact) mass is 303 g/mol. The molecule has 2 heterocycles. The summed E-state index contributed by atoms with van der Waals surface area (Å²) in [4.78, 5) is 24.4. The van der Waals surface area contributed by atoms with Crippen LogP contribution in [0.25, 0.3) is 0 Å². The number of alkyl halides is 2. The quantitative estimate of drug-likeness (QED) is 0.537. The molecule has 2 rings (SSSR count). The van der Waals surface area contributed by atoms with Crippen LogP contribution in [0.15, 0.2) is 15.8 Å². The average molecular weight is 303 g/mol. The number of aromatic nitrogens is 3. The lowest BCUT2D eigenvalue weighted by Gasteiger charge is -2.22. The third-order valence-electron chi connectivity index (χ3n) is 2.93. The number of aliphatic hydroxyl groups excluding tert-OH is 2. The van der Waals surface area contributed by atoms with Crippen LogP contribution in [-0.2, 0) is 4.74 Å². The molecule has 0 spiro atoms. The topological polar surface area (TPSA) is 117 Å². The minimum Gasteiger partial charge on any atom is -0.394 e. The van der Waals surface area contributed by atoms with E-state index < -0.39 is 48.6 Å². The number of aliphatic hydroxyl groups is 2. The molecule has 8 nitrogen and oxygen atoms in total. The van der Waals surface area contributed by atoms with Gasteiger partial charge >= 0.3 is 5.69 Å². The Balaban J connectivity index is 2.53. The van der Waals surface area contributed by atoms with Crippen molar-refractivity contribution in [1.29, 1.82) is 0 Å². The molecule has 114 valence electrons. The van der Waals surface area contributed by atoms with Crippen molar-refractivity contribution in [3.05, 3.63) is 27.0 Å². The number of nitrogens with one attached hydrogen (secondary N) is 1. The van der Waals surface area contributed by atoms with Crippen LogP contribution >= 0.6 is 0 Å². The maximum atomic E-state index is 14.8. The predicted molar refractivity (Wildman–Crippen MR) is 63.7 cm³/mol. The molecule has 0 aromatic carbocycles. The number of ether oxygens (including phenoxy) is 1. The molecule has 1 saturated heterocycles. The highest BCUT2D eigenvalue weighted by Crippen LogP contribution is 2.40. The average Bonchev–Trinajstić information content (AvgIpc) is 2.70. The molecule has 0 saturated carbocycles. The number of rotatable bonds is 2. The van der Waals surface area contributed by atoms with Crippen LogP contribution in [0.5, 0.6) is 0 Å². The number of halogens is 2. The van der Waals surface area contributed by atoms with Crippen molar-refractivity contribution in [2.75, 3.05) is 13.3 Å². The first-order chi connectivity index (χ1) is 9.93. The Hall–Kier alpha value is -2.09. The van der Waals surface area contributed by atoms with E-state index in [0.717, 1.165) is 0 Å². The van der Waals surface area contributed by atoms with E-state index in [1.54, 1.807) is 0 Å². The fraction of sp³-hybridized carbons (Fsp3) is 0.545. The summed E-state index contributed by atoms with van der Waals surface area (Å²) in [6, 6.07) is 0. The van der Waals surface area contributed by atoms with Crippen LogP contribution in [0.1, 0.15) is 6.23 Å². The lowest BCUT2D eigenvalue weighted by molar-refractivity contribution is -0.0611. The maximum absolute atomic E-state index is 14.8. The molecular weight excluding hydrogens is 292 g/mol. The van der Waals surface area contributed by atoms with E-state index in [0.29, 0.717) is 10.9 Å². The van der Waals surface area contributed by atoms with Gasteiger partial charge < -0.3 is 14.9 Å². The van der Waals surface area contributed by atoms with Gasteiger partial charge in [0.1, 0.15) is 25.1 Å². The van der Waals surface area contributed by atoms with Gasteiger partial charge in [0.25, 0.3) is 5.56 Å². The van der Waals surface area contributed by atoms with Gasteiger partial charge in [-0.3, -0.25) is 9.78 Å². The van der Waals surface area contributed by atoms with E-state index in [2.05, 4.69) is 5.10 Å². The van der Waals surface area contributed by atoms with Gasteiger partial charge in [-0.15, -0.1) is 0 Å². The Bertz CT molecular complexity index is 693. The first-order valence-corrected chi connectivity index (χ1v) is 5.81. The first kappa shape index (κ1) is 15.3. The highest BCUT2D eigenvalue weighted by atomic mass is 19.1. The lowest BCUT2D eigenvalue weighted by atomic mass is 9.97. The van der Waals surface area contributed by atoms with E-state index in [1.165, 1.54) is 0 Å². The summed E-state index contributed by atoms with van der Waals surface area (Å²) < 4.78 is 32.4. The summed E-state index contributed by atoms with van der Waals surface area (Å²) in [5, 5.41) is 22.3. The first-order valence-electron chi connectivity index (χ1n) is 5.81. The van der Waals surface area contributed by atoms with Crippen LogP contribution in [-0.4, -0.2) is 56.1 Å². The van der Waals surface area contributed by atoms with Gasteiger partial charge in [-0.25, -0.2) is 13.6 Å². The largest absolute Gasteiger partial charge is 0.394 e. The summed E-state index contributed by atoms with van der Waals surface area (Å²) in [7, 11) is 0. The third kappa shape index (κ3) is 2.58. The van der Waals surface area contributed by atoms with Crippen molar-refractivity contribution in [2.24, 2.45) is 0 Å². The van der Waals surface area contributed by atoms with Gasteiger partial charge in [-0.1, -0.05) is 11.8 Å². The molecule has 0 bridgehead atoms. The third-order valence-corrected chi connectivity index (χ3v) is 2.93. The fourth-order valence-corrected chi connectivity index (χ4v) is 1.97. The second kappa shape index (κ2) is 5.72. The van der Waals surface area contributed by atoms with Gasteiger partial charge in [-0.05, 0) is 0 Å². The molecule has 10 heteroatoms. The molecule has 1 aliphatic rings. The van der Waals surface area contributed by atoms with Crippen molar-refractivity contribution in [1.82, 2.24) is 14.8 Å². The van der Waals surface area contributed by atoms with Gasteiger partial charge in [0.15, 0.2) is 0 Å². The zero-order chi connectivity index (χ0) is 15.6. The summed E-state index contributed by atoms with van der Waals surface area (Å²) in [6.45, 7) is -1.93. The SMILES string of the molecule is O=c1cnn([C@@H]2O[C@H](CO)C(O)[C@]2(F)C#CCF)c(=O)[nH]1. The van der Waals surface area contributed by atoms with Gasteiger partial charge in [0, 0.05) is 0 Å². The Morgan fingerprint density at radius 3 is 2.86 bits per heavy atom. The normalized spacial score (nSPS) is 31.7. The van der Waals surface area contributed by atoms with Gasteiger partial charge in [0.05, 0.1) is 6.61 Å². The van der Waals surface area contributed by atoms with Crippen molar-refractivity contribution in [3.63, 3.8) is 0 Å². The van der Waals surface area contributed by atoms with Crippen LogP contribution in [0.3, 0.4) is 0 Å². The molecule has 3 N–H and O–H groups in total. The van der Waals surface area contributed by atoms with Crippen LogP contribution < -0.4 is 11.2 Å². The summed E-state index contributed by atoms with van der Waals surface area (Å²) >= 11 is 0. The molecule has 1 aromatic rings. The van der Waals surface area contributed by atoms with Crippen molar-refractivity contribution in [2.45, 2.75) is 24.1 Å². The Morgan fingerprint density at radius 1 is 1.57 bits per heavy atom. The Kier molecular flexibility index (Phi) is 4.17. The lowest BCUT2D eigenvalue weighted by Crippen LogP contribution is -2.46. The number of nitrogens with zero attached hydrogens (tertiary/aromatic N) is 2. The van der Waals surface area contributed by atoms with E-state index in [4.69, 9.17) is 9.84 Å². The molecule has 0 amide bonds. The molecular formula is C11H11F2N3O5. The number of hydrogen-bond donors (Lipinski definition) is 3. The number of hydrogen-bond acceptors (Lipinski definition) is 6. The molecule has 4 atom stereocenters. The van der Waals surface area contributed by atoms with E-state index in [-0.39, 0.29) is 0 Å². The van der Waals surface area contributed by atoms with E-state index in [1.807, 2.05) is 16.8 Å². The number of aromatic amines is 1. The van der Waals surface area contributed by atoms with Crippen molar-refractivity contribution >= 4 is 0 Å². The summed E-state index contributed by atoms with van der Waals surface area (Å²) in [5.41, 5.74) is -4.77. The molecule has 21 heavy (non-hydrogen) atoms.